The van der Waals surface area contributed by atoms with E-state index in [1.165, 1.54) is 151 Å². The molecular formula is C67H38S2. The maximum atomic E-state index is 2.53. The van der Waals surface area contributed by atoms with Gasteiger partial charge < -0.3 is 0 Å². The van der Waals surface area contributed by atoms with Crippen molar-refractivity contribution in [2.24, 2.45) is 0 Å². The zero-order valence-corrected chi connectivity index (χ0v) is 38.9. The zero-order valence-electron chi connectivity index (χ0n) is 37.3. The van der Waals surface area contributed by atoms with E-state index in [1.807, 2.05) is 22.7 Å². The summed E-state index contributed by atoms with van der Waals surface area (Å²) in [6, 6.07) is 87.7. The molecule has 2 heterocycles. The summed E-state index contributed by atoms with van der Waals surface area (Å²) in [5, 5.41) is 12.9. The van der Waals surface area contributed by atoms with E-state index >= 15 is 0 Å². The van der Waals surface area contributed by atoms with Crippen molar-refractivity contribution in [2.45, 2.75) is 5.41 Å². The number of fused-ring (bicyclic) bond motifs is 20. The lowest BCUT2D eigenvalue weighted by Gasteiger charge is -2.30. The van der Waals surface area contributed by atoms with Crippen molar-refractivity contribution >= 4 is 95.3 Å². The third-order valence-corrected chi connectivity index (χ3v) is 18.0. The Kier molecular flexibility index (Phi) is 7.67. The zero-order chi connectivity index (χ0) is 45.0. The van der Waals surface area contributed by atoms with Crippen molar-refractivity contribution in [1.82, 2.24) is 0 Å². The van der Waals surface area contributed by atoms with Crippen LogP contribution in [0, 0.1) is 0 Å². The first kappa shape index (κ1) is 37.9. The molecule has 0 saturated heterocycles. The summed E-state index contributed by atoms with van der Waals surface area (Å²) < 4.78 is 5.27. The van der Waals surface area contributed by atoms with Crippen molar-refractivity contribution in [3.8, 4) is 55.6 Å². The van der Waals surface area contributed by atoms with E-state index in [9.17, 15) is 0 Å². The molecule has 1 atom stereocenters. The number of benzene rings is 12. The van der Waals surface area contributed by atoms with Crippen molar-refractivity contribution in [3.05, 3.63) is 253 Å². The quantitative estimate of drug-likeness (QED) is 0.155. The first-order valence-corrected chi connectivity index (χ1v) is 25.5. The van der Waals surface area contributed by atoms with E-state index < -0.39 is 5.41 Å². The van der Waals surface area contributed by atoms with Crippen molar-refractivity contribution in [2.75, 3.05) is 0 Å². The Bertz CT molecular complexity index is 4390. The molecule has 2 aliphatic rings. The molecule has 0 radical (unpaired) electrons. The van der Waals surface area contributed by atoms with Gasteiger partial charge in [0.15, 0.2) is 0 Å². The fourth-order valence-electron chi connectivity index (χ4n) is 13.1. The highest BCUT2D eigenvalue weighted by molar-refractivity contribution is 7.26. The second-order valence-electron chi connectivity index (χ2n) is 18.9. The molecule has 16 rings (SSSR count). The molecule has 318 valence electrons. The predicted octanol–water partition coefficient (Wildman–Crippen LogP) is 19.2. The van der Waals surface area contributed by atoms with Crippen LogP contribution in [0.1, 0.15) is 22.3 Å². The Morgan fingerprint density at radius 3 is 1.29 bits per heavy atom. The molecule has 12 aromatic carbocycles. The van der Waals surface area contributed by atoms with Crippen LogP contribution in [0.5, 0.6) is 0 Å². The second-order valence-corrected chi connectivity index (χ2v) is 21.1. The van der Waals surface area contributed by atoms with Crippen LogP contribution >= 0.6 is 22.7 Å². The summed E-state index contributed by atoms with van der Waals surface area (Å²) in [6.07, 6.45) is 0. The molecule has 0 saturated carbocycles. The van der Waals surface area contributed by atoms with Gasteiger partial charge in [-0.2, -0.15) is 0 Å². The summed E-state index contributed by atoms with van der Waals surface area (Å²) >= 11 is 3.78. The molecule has 14 aromatic rings. The average molecular weight is 907 g/mol. The van der Waals surface area contributed by atoms with Crippen LogP contribution in [0.25, 0.3) is 128 Å². The second kappa shape index (κ2) is 14.0. The van der Waals surface area contributed by atoms with Crippen LogP contribution in [-0.2, 0) is 5.41 Å². The molecule has 2 aliphatic carbocycles. The number of hydrogen-bond acceptors (Lipinski definition) is 2. The first-order chi connectivity index (χ1) is 34.3. The fraction of sp³-hybridized carbons (Fsp3) is 0.0149. The minimum Gasteiger partial charge on any atom is -0.135 e. The van der Waals surface area contributed by atoms with E-state index in [4.69, 9.17) is 0 Å². The Morgan fingerprint density at radius 1 is 0.232 bits per heavy atom. The van der Waals surface area contributed by atoms with Gasteiger partial charge in [0.25, 0.3) is 0 Å². The van der Waals surface area contributed by atoms with Crippen LogP contribution < -0.4 is 0 Å². The number of thiophene rings is 2. The lowest BCUT2D eigenvalue weighted by atomic mass is 9.70. The highest BCUT2D eigenvalue weighted by atomic mass is 32.1. The van der Waals surface area contributed by atoms with Crippen molar-refractivity contribution in [1.29, 1.82) is 0 Å². The van der Waals surface area contributed by atoms with Crippen LogP contribution in [-0.4, -0.2) is 0 Å². The van der Waals surface area contributed by atoms with Crippen LogP contribution in [0.3, 0.4) is 0 Å². The molecule has 69 heavy (non-hydrogen) atoms. The van der Waals surface area contributed by atoms with Gasteiger partial charge in [-0.05, 0) is 141 Å². The monoisotopic (exact) mass is 906 g/mol. The Morgan fingerprint density at radius 2 is 0.652 bits per heavy atom. The maximum Gasteiger partial charge on any atom is 0.0725 e. The lowest BCUT2D eigenvalue weighted by molar-refractivity contribution is 0.794. The molecule has 0 fully saturated rings. The normalized spacial score (nSPS) is 14.7. The third kappa shape index (κ3) is 4.92. The summed E-state index contributed by atoms with van der Waals surface area (Å²) in [5.74, 6) is 0. The highest BCUT2D eigenvalue weighted by Crippen LogP contribution is 2.65. The average Bonchev–Trinajstić information content (AvgIpc) is 4.15. The van der Waals surface area contributed by atoms with E-state index in [2.05, 4.69) is 231 Å². The van der Waals surface area contributed by atoms with Gasteiger partial charge in [-0.3, -0.25) is 0 Å². The van der Waals surface area contributed by atoms with Gasteiger partial charge in [0.1, 0.15) is 0 Å². The van der Waals surface area contributed by atoms with E-state index in [0.717, 1.165) is 0 Å². The van der Waals surface area contributed by atoms with E-state index in [-0.39, 0.29) is 0 Å². The van der Waals surface area contributed by atoms with Gasteiger partial charge in [-0.15, -0.1) is 22.7 Å². The van der Waals surface area contributed by atoms with Gasteiger partial charge >= 0.3 is 0 Å². The fourth-order valence-corrected chi connectivity index (χ4v) is 15.4. The number of rotatable bonds is 3. The van der Waals surface area contributed by atoms with Gasteiger partial charge in [0, 0.05) is 40.3 Å². The van der Waals surface area contributed by atoms with Crippen LogP contribution in [0.4, 0.5) is 0 Å². The lowest BCUT2D eigenvalue weighted by Crippen LogP contribution is -2.25. The SMILES string of the molecule is c1ccc2c(c1)-c1c(-c3c4cccc(-c5cccc6sc7ccccc7c56)c4cc4c(-c5cccc6sc7ccccc7c56)cccc34)cccc1C21c2ccccc2-c2c1ccc1ccccc21. The van der Waals surface area contributed by atoms with Gasteiger partial charge in [0.05, 0.1) is 5.41 Å². The molecule has 2 heteroatoms. The molecule has 0 N–H and O–H groups in total. The van der Waals surface area contributed by atoms with Gasteiger partial charge in [-0.1, -0.05) is 200 Å². The van der Waals surface area contributed by atoms with E-state index in [0.29, 0.717) is 0 Å². The van der Waals surface area contributed by atoms with Crippen molar-refractivity contribution in [3.63, 3.8) is 0 Å². The molecule has 2 aromatic heterocycles. The van der Waals surface area contributed by atoms with E-state index in [1.54, 1.807) is 0 Å². The van der Waals surface area contributed by atoms with Crippen LogP contribution in [0.15, 0.2) is 231 Å². The molecule has 1 unspecified atom stereocenters. The highest BCUT2D eigenvalue weighted by Gasteiger charge is 2.52. The first-order valence-electron chi connectivity index (χ1n) is 23.9. The maximum absolute atomic E-state index is 2.53. The van der Waals surface area contributed by atoms with Crippen molar-refractivity contribution < 1.29 is 0 Å². The Labute approximate surface area is 406 Å². The summed E-state index contributed by atoms with van der Waals surface area (Å²) in [4.78, 5) is 0. The minimum atomic E-state index is -0.486. The molecule has 0 bridgehead atoms. The number of hydrogen-bond donors (Lipinski definition) is 0. The minimum absolute atomic E-state index is 0.486. The largest absolute Gasteiger partial charge is 0.135 e. The Balaban J connectivity index is 1.06. The van der Waals surface area contributed by atoms with Gasteiger partial charge in [-0.25, -0.2) is 0 Å². The van der Waals surface area contributed by atoms with Crippen LogP contribution in [0.2, 0.25) is 0 Å². The summed E-state index contributed by atoms with van der Waals surface area (Å²) in [6.45, 7) is 0. The molecule has 1 spiro atoms. The molecule has 0 aliphatic heterocycles. The molecule has 0 amide bonds. The third-order valence-electron chi connectivity index (χ3n) is 15.7. The topological polar surface area (TPSA) is 0 Å². The molecule has 0 nitrogen and oxygen atoms in total. The summed E-state index contributed by atoms with van der Waals surface area (Å²) in [5.41, 5.74) is 17.9. The Hall–Kier alpha value is -8.14. The summed E-state index contributed by atoms with van der Waals surface area (Å²) in [7, 11) is 0. The smallest absolute Gasteiger partial charge is 0.0725 e. The predicted molar refractivity (Wildman–Crippen MR) is 297 cm³/mol. The molecular weight excluding hydrogens is 869 g/mol. The standard InChI is InChI=1S/C67H38S2/c1-2-17-40-39(16-1)36-37-57-63(40)47-18-3-7-29-54(47)67(57)55-30-8-4-19-48(55)64-51(28-13-31-56(64)67)62-45-24-11-22-41(43-26-14-34-60-65(43)49-20-5-9-32-58(49)68-60)52(45)38-53-42(23-12-25-46(53)62)44-27-15-35-61-66(44)50-21-6-10-33-59(50)69-61/h1-38H. The van der Waals surface area contributed by atoms with Gasteiger partial charge in [0.2, 0.25) is 0 Å².